The van der Waals surface area contributed by atoms with E-state index < -0.39 is 11.6 Å². The summed E-state index contributed by atoms with van der Waals surface area (Å²) in [5, 5.41) is 7.08. The van der Waals surface area contributed by atoms with Crippen LogP contribution in [0.3, 0.4) is 0 Å². The van der Waals surface area contributed by atoms with Gasteiger partial charge in [-0.25, -0.2) is 8.78 Å². The molecule has 0 radical (unpaired) electrons. The molecule has 128 valence electrons. The van der Waals surface area contributed by atoms with Gasteiger partial charge in [0, 0.05) is 37.9 Å². The molecule has 1 amide bonds. The van der Waals surface area contributed by atoms with Gasteiger partial charge in [-0.15, -0.1) is 0 Å². The van der Waals surface area contributed by atoms with Gasteiger partial charge in [0.05, 0.1) is 6.04 Å². The molecule has 0 unspecified atom stereocenters. The number of nitrogens with one attached hydrogen (secondary N) is 1. The molecule has 0 spiro atoms. The van der Waals surface area contributed by atoms with Crippen LogP contribution in [0.25, 0.3) is 0 Å². The average Bonchev–Trinajstić information content (AvgIpc) is 3.18. The molecule has 1 saturated heterocycles. The Morgan fingerprint density at radius 3 is 2.92 bits per heavy atom. The fourth-order valence-electron chi connectivity index (χ4n) is 3.21. The van der Waals surface area contributed by atoms with Crippen LogP contribution >= 0.6 is 0 Å². The molecule has 7 heteroatoms. The number of amides is 1. The lowest BCUT2D eigenvalue weighted by Gasteiger charge is -2.26. The predicted octanol–water partition coefficient (Wildman–Crippen LogP) is 2.11. The largest absolute Gasteiger partial charge is 0.351 e. The molecule has 5 nitrogen and oxygen atoms in total. The van der Waals surface area contributed by atoms with Crippen LogP contribution in [0.15, 0.2) is 36.7 Å². The Hall–Kier alpha value is -2.28. The highest BCUT2D eigenvalue weighted by atomic mass is 19.2. The maximum Gasteiger partial charge on any atom is 0.222 e. The molecular weight excluding hydrogens is 314 g/mol. The SMILES string of the molecule is CN1CC[C@@H](NC(=O)CCn2cccn2)[C@H]1c1ccc(F)c(F)c1. The van der Waals surface area contributed by atoms with E-state index in [1.807, 2.05) is 18.0 Å². The zero-order valence-electron chi connectivity index (χ0n) is 13.5. The Bertz CT molecular complexity index is 705. The van der Waals surface area contributed by atoms with Gasteiger partial charge >= 0.3 is 0 Å². The molecule has 1 fully saturated rings. The summed E-state index contributed by atoms with van der Waals surface area (Å²) in [5.74, 6) is -1.80. The second kappa shape index (κ2) is 7.09. The summed E-state index contributed by atoms with van der Waals surface area (Å²) in [6, 6.07) is 5.45. The van der Waals surface area contributed by atoms with Crippen LogP contribution < -0.4 is 5.32 Å². The summed E-state index contributed by atoms with van der Waals surface area (Å²) in [6.07, 6.45) is 4.57. The minimum absolute atomic E-state index is 0.0709. The van der Waals surface area contributed by atoms with Gasteiger partial charge in [-0.3, -0.25) is 14.4 Å². The quantitative estimate of drug-likeness (QED) is 0.911. The molecule has 1 aromatic carbocycles. The maximum absolute atomic E-state index is 13.5. The van der Waals surface area contributed by atoms with Gasteiger partial charge in [-0.1, -0.05) is 6.07 Å². The van der Waals surface area contributed by atoms with E-state index in [0.29, 0.717) is 18.5 Å². The number of likely N-dealkylation sites (tertiary alicyclic amines) is 1. The van der Waals surface area contributed by atoms with E-state index in [4.69, 9.17) is 0 Å². The number of aromatic nitrogens is 2. The first-order valence-electron chi connectivity index (χ1n) is 7.96. The van der Waals surface area contributed by atoms with Crippen molar-refractivity contribution < 1.29 is 13.6 Å². The van der Waals surface area contributed by atoms with Gasteiger partial charge in [0.25, 0.3) is 0 Å². The monoisotopic (exact) mass is 334 g/mol. The van der Waals surface area contributed by atoms with Crippen LogP contribution in [0.5, 0.6) is 0 Å². The van der Waals surface area contributed by atoms with Gasteiger partial charge < -0.3 is 5.32 Å². The summed E-state index contributed by atoms with van der Waals surface area (Å²) in [7, 11) is 1.92. The van der Waals surface area contributed by atoms with E-state index in [2.05, 4.69) is 10.4 Å². The van der Waals surface area contributed by atoms with Crippen molar-refractivity contribution in [3.05, 3.63) is 53.9 Å². The van der Waals surface area contributed by atoms with E-state index in [0.717, 1.165) is 19.0 Å². The lowest BCUT2D eigenvalue weighted by atomic mass is 9.99. The Morgan fingerprint density at radius 2 is 2.21 bits per heavy atom. The zero-order chi connectivity index (χ0) is 17.1. The van der Waals surface area contributed by atoms with Gasteiger partial charge in [-0.05, 0) is 37.2 Å². The van der Waals surface area contributed by atoms with E-state index in [9.17, 15) is 13.6 Å². The number of carbonyl (C=O) groups is 1. The Kier molecular flexibility index (Phi) is 4.89. The smallest absolute Gasteiger partial charge is 0.222 e. The average molecular weight is 334 g/mol. The highest BCUT2D eigenvalue weighted by Crippen LogP contribution is 2.31. The van der Waals surface area contributed by atoms with Gasteiger partial charge in [-0.2, -0.15) is 5.10 Å². The van der Waals surface area contributed by atoms with Crippen LogP contribution in [0, 0.1) is 11.6 Å². The molecule has 3 rings (SSSR count). The number of carbonyl (C=O) groups excluding carboxylic acids is 1. The molecule has 1 N–H and O–H groups in total. The van der Waals surface area contributed by atoms with Gasteiger partial charge in [0.15, 0.2) is 11.6 Å². The number of aryl methyl sites for hydroxylation is 1. The van der Waals surface area contributed by atoms with E-state index in [-0.39, 0.29) is 18.0 Å². The van der Waals surface area contributed by atoms with E-state index in [1.165, 1.54) is 6.07 Å². The zero-order valence-corrected chi connectivity index (χ0v) is 13.5. The maximum atomic E-state index is 13.5. The van der Waals surface area contributed by atoms with Crippen LogP contribution in [-0.2, 0) is 11.3 Å². The first-order chi connectivity index (χ1) is 11.5. The number of halogens is 2. The molecule has 0 bridgehead atoms. The first kappa shape index (κ1) is 16.6. The topological polar surface area (TPSA) is 50.2 Å². The first-order valence-corrected chi connectivity index (χ1v) is 7.96. The van der Waals surface area contributed by atoms with Crippen molar-refractivity contribution in [1.82, 2.24) is 20.0 Å². The third-order valence-electron chi connectivity index (χ3n) is 4.41. The summed E-state index contributed by atoms with van der Waals surface area (Å²) < 4.78 is 28.4. The molecule has 2 atom stereocenters. The third kappa shape index (κ3) is 3.62. The van der Waals surface area contributed by atoms with E-state index >= 15 is 0 Å². The highest BCUT2D eigenvalue weighted by Gasteiger charge is 2.34. The number of nitrogens with zero attached hydrogens (tertiary/aromatic N) is 3. The molecule has 24 heavy (non-hydrogen) atoms. The molecular formula is C17H20F2N4O. The third-order valence-corrected chi connectivity index (χ3v) is 4.41. The Balaban J connectivity index is 1.65. The normalized spacial score (nSPS) is 21.1. The summed E-state index contributed by atoms with van der Waals surface area (Å²) >= 11 is 0. The highest BCUT2D eigenvalue weighted by molar-refractivity contribution is 5.76. The standard InChI is InChI=1S/C17H20F2N4O/c1-22-9-5-15(17(22)12-3-4-13(18)14(19)11-12)21-16(24)6-10-23-8-2-7-20-23/h2-4,7-8,11,15,17H,5-6,9-10H2,1H3,(H,21,24)/t15-,17-/m1/s1. The minimum atomic E-state index is -0.864. The lowest BCUT2D eigenvalue weighted by molar-refractivity contribution is -0.122. The van der Waals surface area contributed by atoms with Crippen molar-refractivity contribution in [3.63, 3.8) is 0 Å². The van der Waals surface area contributed by atoms with Gasteiger partial charge in [0.1, 0.15) is 0 Å². The Morgan fingerprint density at radius 1 is 1.38 bits per heavy atom. The number of hydrogen-bond acceptors (Lipinski definition) is 3. The lowest BCUT2D eigenvalue weighted by Crippen LogP contribution is -2.39. The number of hydrogen-bond donors (Lipinski definition) is 1. The van der Waals surface area contributed by atoms with Crippen molar-refractivity contribution in [3.8, 4) is 0 Å². The van der Waals surface area contributed by atoms with Crippen molar-refractivity contribution in [1.29, 1.82) is 0 Å². The molecule has 1 aromatic heterocycles. The summed E-state index contributed by atoms with van der Waals surface area (Å²) in [5.41, 5.74) is 0.672. The van der Waals surface area contributed by atoms with Crippen molar-refractivity contribution in [2.75, 3.05) is 13.6 Å². The van der Waals surface area contributed by atoms with Gasteiger partial charge in [0.2, 0.25) is 5.91 Å². The molecule has 1 aliphatic heterocycles. The van der Waals surface area contributed by atoms with Crippen LogP contribution in [0.4, 0.5) is 8.78 Å². The van der Waals surface area contributed by atoms with Crippen molar-refractivity contribution >= 4 is 5.91 Å². The molecule has 0 aliphatic carbocycles. The van der Waals surface area contributed by atoms with Crippen molar-refractivity contribution in [2.24, 2.45) is 0 Å². The molecule has 2 aromatic rings. The summed E-state index contributed by atoms with van der Waals surface area (Å²) in [4.78, 5) is 14.2. The Labute approximate surface area is 139 Å². The van der Waals surface area contributed by atoms with Crippen LogP contribution in [0.2, 0.25) is 0 Å². The van der Waals surface area contributed by atoms with Crippen LogP contribution in [-0.4, -0.2) is 40.2 Å². The minimum Gasteiger partial charge on any atom is -0.351 e. The number of rotatable bonds is 5. The summed E-state index contributed by atoms with van der Waals surface area (Å²) in [6.45, 7) is 1.30. The number of benzene rings is 1. The van der Waals surface area contributed by atoms with E-state index in [1.54, 1.807) is 23.1 Å². The van der Waals surface area contributed by atoms with Crippen LogP contribution in [0.1, 0.15) is 24.4 Å². The van der Waals surface area contributed by atoms with Crippen molar-refractivity contribution in [2.45, 2.75) is 31.5 Å². The number of likely N-dealkylation sites (N-methyl/N-ethyl adjacent to an activating group) is 1. The second-order valence-corrected chi connectivity index (χ2v) is 6.08. The molecule has 0 saturated carbocycles. The molecule has 2 heterocycles. The fraction of sp³-hybridized carbons (Fsp3) is 0.412. The molecule has 1 aliphatic rings. The predicted molar refractivity (Wildman–Crippen MR) is 85.1 cm³/mol. The second-order valence-electron chi connectivity index (χ2n) is 6.08. The fourth-order valence-corrected chi connectivity index (χ4v) is 3.21.